The van der Waals surface area contributed by atoms with E-state index in [0.717, 1.165) is 19.1 Å². The van der Waals surface area contributed by atoms with Crippen molar-refractivity contribution in [2.45, 2.75) is 44.6 Å². The summed E-state index contributed by atoms with van der Waals surface area (Å²) in [4.78, 5) is 25.2. The molecule has 1 amide bonds. The molecule has 0 saturated heterocycles. The van der Waals surface area contributed by atoms with E-state index in [0.29, 0.717) is 11.3 Å². The number of nitrogens with one attached hydrogen (secondary N) is 2. The van der Waals surface area contributed by atoms with Crippen LogP contribution in [0, 0.1) is 0 Å². The maximum Gasteiger partial charge on any atom is 0.267 e. The number of amides is 1. The number of hydrogen-bond acceptors (Lipinski definition) is 2. The smallest absolute Gasteiger partial charge is 0.267 e. The van der Waals surface area contributed by atoms with Crippen molar-refractivity contribution in [3.8, 4) is 0 Å². The van der Waals surface area contributed by atoms with E-state index in [1.807, 2.05) is 0 Å². The van der Waals surface area contributed by atoms with Gasteiger partial charge in [0.05, 0.1) is 0 Å². The van der Waals surface area contributed by atoms with Gasteiger partial charge < -0.3 is 10.3 Å². The number of aromatic nitrogens is 1. The van der Waals surface area contributed by atoms with Crippen molar-refractivity contribution in [1.29, 1.82) is 0 Å². The first-order chi connectivity index (χ1) is 8.29. The van der Waals surface area contributed by atoms with Gasteiger partial charge in [-0.3, -0.25) is 9.59 Å². The van der Waals surface area contributed by atoms with Crippen LogP contribution < -0.4 is 5.32 Å². The summed E-state index contributed by atoms with van der Waals surface area (Å²) in [5, 5.41) is 3.03. The van der Waals surface area contributed by atoms with Crippen LogP contribution in [0.5, 0.6) is 0 Å². The summed E-state index contributed by atoms with van der Waals surface area (Å²) in [5.74, 6) is -0.106. The number of H-pyrrole nitrogens is 1. The van der Waals surface area contributed by atoms with Gasteiger partial charge in [-0.15, -0.1) is 0 Å². The van der Waals surface area contributed by atoms with Crippen LogP contribution in [-0.4, -0.2) is 23.2 Å². The van der Waals surface area contributed by atoms with E-state index in [1.54, 1.807) is 12.3 Å². The van der Waals surface area contributed by atoms with Gasteiger partial charge >= 0.3 is 0 Å². The first kappa shape index (κ1) is 11.9. The minimum Gasteiger partial charge on any atom is -0.357 e. The molecule has 1 saturated carbocycles. The van der Waals surface area contributed by atoms with Crippen LogP contribution in [0.25, 0.3) is 0 Å². The molecule has 2 N–H and O–H groups in total. The molecule has 1 aromatic heterocycles. The lowest BCUT2D eigenvalue weighted by Gasteiger charge is -2.15. The summed E-state index contributed by atoms with van der Waals surface area (Å²) in [6, 6.07) is 1.87. The highest BCUT2D eigenvalue weighted by Gasteiger charge is 2.16. The first-order valence-corrected chi connectivity index (χ1v) is 6.24. The number of carbonyl (C=O) groups is 2. The van der Waals surface area contributed by atoms with E-state index in [2.05, 4.69) is 10.3 Å². The van der Waals surface area contributed by atoms with Crippen LogP contribution in [0.2, 0.25) is 0 Å². The summed E-state index contributed by atoms with van der Waals surface area (Å²) < 4.78 is 0. The Hall–Kier alpha value is -1.58. The SMILES string of the molecule is O=Cc1c[nH]c(C(=O)NC2CCCCCC2)c1. The molecule has 0 bridgehead atoms. The van der Waals surface area contributed by atoms with E-state index in [-0.39, 0.29) is 11.9 Å². The van der Waals surface area contributed by atoms with Crippen molar-refractivity contribution in [1.82, 2.24) is 10.3 Å². The first-order valence-electron chi connectivity index (χ1n) is 6.24. The van der Waals surface area contributed by atoms with E-state index in [1.165, 1.54) is 25.7 Å². The third-order valence-electron chi connectivity index (χ3n) is 3.28. The van der Waals surface area contributed by atoms with Crippen molar-refractivity contribution in [2.24, 2.45) is 0 Å². The predicted molar refractivity (Wildman–Crippen MR) is 65.1 cm³/mol. The molecule has 92 valence electrons. The van der Waals surface area contributed by atoms with Gasteiger partial charge in [-0.2, -0.15) is 0 Å². The topological polar surface area (TPSA) is 62.0 Å². The van der Waals surface area contributed by atoms with Crippen molar-refractivity contribution in [2.75, 3.05) is 0 Å². The molecule has 0 aliphatic heterocycles. The second kappa shape index (κ2) is 5.66. The van der Waals surface area contributed by atoms with Gasteiger partial charge in [0.2, 0.25) is 0 Å². The Kier molecular flexibility index (Phi) is 3.96. The Labute approximate surface area is 101 Å². The van der Waals surface area contributed by atoms with E-state index >= 15 is 0 Å². The van der Waals surface area contributed by atoms with Gasteiger partial charge in [0.25, 0.3) is 5.91 Å². The van der Waals surface area contributed by atoms with Crippen molar-refractivity contribution in [3.05, 3.63) is 23.5 Å². The molecular weight excluding hydrogens is 216 g/mol. The molecule has 1 aliphatic rings. The van der Waals surface area contributed by atoms with Gasteiger partial charge in [0, 0.05) is 17.8 Å². The quantitative estimate of drug-likeness (QED) is 0.622. The third-order valence-corrected chi connectivity index (χ3v) is 3.28. The maximum absolute atomic E-state index is 11.9. The molecule has 1 aromatic rings. The van der Waals surface area contributed by atoms with E-state index in [9.17, 15) is 9.59 Å². The van der Waals surface area contributed by atoms with Gasteiger partial charge in [-0.1, -0.05) is 25.7 Å². The molecule has 0 radical (unpaired) electrons. The molecule has 0 unspecified atom stereocenters. The van der Waals surface area contributed by atoms with Crippen molar-refractivity contribution in [3.63, 3.8) is 0 Å². The van der Waals surface area contributed by atoms with Crippen LogP contribution in [0.3, 0.4) is 0 Å². The molecule has 0 aromatic carbocycles. The van der Waals surface area contributed by atoms with Crippen molar-refractivity contribution < 1.29 is 9.59 Å². The number of aromatic amines is 1. The van der Waals surface area contributed by atoms with Gasteiger partial charge in [0.15, 0.2) is 6.29 Å². The minimum atomic E-state index is -0.106. The molecule has 2 rings (SSSR count). The zero-order chi connectivity index (χ0) is 12.1. The summed E-state index contributed by atoms with van der Waals surface area (Å²) in [5.41, 5.74) is 0.979. The number of aldehydes is 1. The molecule has 4 nitrogen and oxygen atoms in total. The number of carbonyl (C=O) groups excluding carboxylic acids is 2. The molecule has 17 heavy (non-hydrogen) atoms. The molecule has 1 fully saturated rings. The van der Waals surface area contributed by atoms with Gasteiger partial charge in [0.1, 0.15) is 5.69 Å². The second-order valence-electron chi connectivity index (χ2n) is 4.63. The van der Waals surface area contributed by atoms with Crippen LogP contribution in [-0.2, 0) is 0 Å². The molecule has 0 spiro atoms. The normalized spacial score (nSPS) is 17.4. The third kappa shape index (κ3) is 3.19. The van der Waals surface area contributed by atoms with E-state index < -0.39 is 0 Å². The largest absolute Gasteiger partial charge is 0.357 e. The Balaban J connectivity index is 1.93. The number of rotatable bonds is 3. The highest BCUT2D eigenvalue weighted by atomic mass is 16.2. The zero-order valence-corrected chi connectivity index (χ0v) is 9.87. The lowest BCUT2D eigenvalue weighted by molar-refractivity contribution is 0.0929. The average Bonchev–Trinajstić information content (AvgIpc) is 2.68. The van der Waals surface area contributed by atoms with Gasteiger partial charge in [-0.25, -0.2) is 0 Å². The Morgan fingerprint density at radius 2 is 2.00 bits per heavy atom. The average molecular weight is 234 g/mol. The fourth-order valence-corrected chi connectivity index (χ4v) is 2.30. The molecular formula is C13H18N2O2. The van der Waals surface area contributed by atoms with E-state index in [4.69, 9.17) is 0 Å². The Morgan fingerprint density at radius 3 is 2.59 bits per heavy atom. The number of hydrogen-bond donors (Lipinski definition) is 2. The lowest BCUT2D eigenvalue weighted by atomic mass is 10.1. The Bertz CT molecular complexity index is 390. The predicted octanol–water partition coefficient (Wildman–Crippen LogP) is 2.28. The van der Waals surface area contributed by atoms with Crippen molar-refractivity contribution >= 4 is 12.2 Å². The zero-order valence-electron chi connectivity index (χ0n) is 9.87. The lowest BCUT2D eigenvalue weighted by Crippen LogP contribution is -2.34. The monoisotopic (exact) mass is 234 g/mol. The Morgan fingerprint density at radius 1 is 1.29 bits per heavy atom. The van der Waals surface area contributed by atoms with Crippen LogP contribution >= 0.6 is 0 Å². The minimum absolute atomic E-state index is 0.106. The molecule has 1 heterocycles. The highest BCUT2D eigenvalue weighted by Crippen LogP contribution is 2.17. The maximum atomic E-state index is 11.9. The fourth-order valence-electron chi connectivity index (χ4n) is 2.30. The summed E-state index contributed by atoms with van der Waals surface area (Å²) in [6.07, 6.45) is 9.33. The van der Waals surface area contributed by atoms with Crippen LogP contribution in [0.4, 0.5) is 0 Å². The molecule has 1 aliphatic carbocycles. The summed E-state index contributed by atoms with van der Waals surface area (Å²) >= 11 is 0. The molecule has 0 atom stereocenters. The summed E-state index contributed by atoms with van der Waals surface area (Å²) in [6.45, 7) is 0. The van der Waals surface area contributed by atoms with Crippen LogP contribution in [0.15, 0.2) is 12.3 Å². The summed E-state index contributed by atoms with van der Waals surface area (Å²) in [7, 11) is 0. The molecule has 4 heteroatoms. The highest BCUT2D eigenvalue weighted by molar-refractivity contribution is 5.94. The second-order valence-corrected chi connectivity index (χ2v) is 4.63. The standard InChI is InChI=1S/C13H18N2O2/c16-9-10-7-12(14-8-10)13(17)15-11-5-3-1-2-4-6-11/h7-9,11,14H,1-6H2,(H,15,17). The van der Waals surface area contributed by atoms with Gasteiger partial charge in [-0.05, 0) is 18.9 Å². The van der Waals surface area contributed by atoms with Crippen LogP contribution in [0.1, 0.15) is 59.4 Å². The fraction of sp³-hybridized carbons (Fsp3) is 0.538.